The molecule has 0 unspecified atom stereocenters. The second kappa shape index (κ2) is 12.3. The van der Waals surface area contributed by atoms with Crippen LogP contribution in [0, 0.1) is 25.2 Å². The summed E-state index contributed by atoms with van der Waals surface area (Å²) in [4.78, 5) is 16.3. The van der Waals surface area contributed by atoms with Crippen molar-refractivity contribution in [3.05, 3.63) is 64.7 Å². The monoisotopic (exact) mass is 526 g/mol. The topological polar surface area (TPSA) is 131 Å². The van der Waals surface area contributed by atoms with E-state index < -0.39 is 15.7 Å². The van der Waals surface area contributed by atoms with Gasteiger partial charge in [0, 0.05) is 18.0 Å². The summed E-state index contributed by atoms with van der Waals surface area (Å²) in [7, 11) is -3.58. The van der Waals surface area contributed by atoms with E-state index in [1.807, 2.05) is 32.0 Å². The van der Waals surface area contributed by atoms with Crippen LogP contribution in [0.5, 0.6) is 11.5 Å². The van der Waals surface area contributed by atoms with Gasteiger partial charge < -0.3 is 9.47 Å². The minimum atomic E-state index is -3.58. The molecule has 11 heteroatoms. The number of sulfone groups is 1. The lowest BCUT2D eigenvalue weighted by atomic mass is 10.1. The van der Waals surface area contributed by atoms with E-state index in [-0.39, 0.29) is 21.6 Å². The second-order valence-corrected chi connectivity index (χ2v) is 10.7. The molecule has 9 nitrogen and oxygen atoms in total. The van der Waals surface area contributed by atoms with Crippen molar-refractivity contribution in [2.24, 2.45) is 0 Å². The molecule has 0 aliphatic carbocycles. The summed E-state index contributed by atoms with van der Waals surface area (Å²) in [5.74, 6) is 0.658. The molecule has 3 rings (SSSR count). The van der Waals surface area contributed by atoms with Crippen LogP contribution >= 0.6 is 11.5 Å². The molecule has 0 fully saturated rings. The molecule has 0 aliphatic rings. The molecule has 0 saturated heterocycles. The molecule has 0 aliphatic heterocycles. The van der Waals surface area contributed by atoms with Crippen molar-refractivity contribution in [2.75, 3.05) is 24.3 Å². The summed E-state index contributed by atoms with van der Waals surface area (Å²) in [5, 5.41) is 11.5. The number of benzene rings is 2. The summed E-state index contributed by atoms with van der Waals surface area (Å²) in [6, 6.07) is 14.9. The summed E-state index contributed by atoms with van der Waals surface area (Å²) in [5.41, 5.74) is 2.75. The van der Waals surface area contributed by atoms with E-state index in [2.05, 4.69) is 20.7 Å². The van der Waals surface area contributed by atoms with Crippen LogP contribution in [0.15, 0.2) is 53.2 Å². The highest BCUT2D eigenvalue weighted by molar-refractivity contribution is 7.91. The molecule has 1 aromatic heterocycles. The van der Waals surface area contributed by atoms with Gasteiger partial charge in [0.15, 0.2) is 0 Å². The fourth-order valence-electron chi connectivity index (χ4n) is 3.05. The lowest BCUT2D eigenvalue weighted by molar-refractivity contribution is -0.112. The van der Waals surface area contributed by atoms with Crippen LogP contribution in [-0.2, 0) is 14.6 Å². The van der Waals surface area contributed by atoms with Crippen LogP contribution in [-0.4, -0.2) is 42.6 Å². The van der Waals surface area contributed by atoms with Crippen LogP contribution in [0.2, 0.25) is 0 Å². The Kier molecular flexibility index (Phi) is 9.16. The molecule has 1 N–H and O–H groups in total. The maximum absolute atomic E-state index is 12.4. The zero-order valence-corrected chi connectivity index (χ0v) is 21.8. The average Bonchev–Trinajstić information content (AvgIpc) is 3.33. The molecule has 2 aromatic carbocycles. The number of rotatable bonds is 11. The lowest BCUT2D eigenvalue weighted by Gasteiger charge is -2.10. The molecule has 0 radical (unpaired) electrons. The second-order valence-electron chi connectivity index (χ2n) is 7.80. The predicted octanol–water partition coefficient (Wildman–Crippen LogP) is 4.34. The van der Waals surface area contributed by atoms with Gasteiger partial charge in [-0.25, -0.2) is 8.42 Å². The highest BCUT2D eigenvalue weighted by atomic mass is 32.2. The number of carbonyl (C=O) groups is 1. The molecule has 0 saturated carbocycles. The van der Waals surface area contributed by atoms with Crippen molar-refractivity contribution in [3.63, 3.8) is 0 Å². The van der Waals surface area contributed by atoms with Gasteiger partial charge in [-0.3, -0.25) is 10.1 Å². The molecule has 3 aromatic rings. The van der Waals surface area contributed by atoms with Gasteiger partial charge in [-0.2, -0.15) is 14.6 Å². The Balaban J connectivity index is 1.50. The Morgan fingerprint density at radius 1 is 1.14 bits per heavy atom. The molecular formula is C25H26N4O5S2. The third-order valence-electron chi connectivity index (χ3n) is 4.99. The molecule has 1 amide bonds. The smallest absolute Gasteiger partial charge is 0.268 e. The predicted molar refractivity (Wildman–Crippen MR) is 138 cm³/mol. The van der Waals surface area contributed by atoms with E-state index in [0.717, 1.165) is 22.8 Å². The van der Waals surface area contributed by atoms with Gasteiger partial charge in [-0.05, 0) is 49.2 Å². The van der Waals surface area contributed by atoms with Crippen molar-refractivity contribution in [1.82, 2.24) is 9.36 Å². The fourth-order valence-corrected chi connectivity index (χ4v) is 4.63. The highest BCUT2D eigenvalue weighted by Gasteiger charge is 2.20. The van der Waals surface area contributed by atoms with Crippen LogP contribution in [0.4, 0.5) is 5.13 Å². The van der Waals surface area contributed by atoms with Crippen LogP contribution in [0.3, 0.4) is 0 Å². The number of nitrogens with zero attached hydrogens (tertiary/aromatic N) is 3. The number of aromatic nitrogens is 2. The minimum absolute atomic E-state index is 0.00144. The van der Waals surface area contributed by atoms with Gasteiger partial charge in [0.2, 0.25) is 15.0 Å². The molecule has 0 spiro atoms. The van der Waals surface area contributed by atoms with Gasteiger partial charge in [0.1, 0.15) is 23.1 Å². The molecule has 36 heavy (non-hydrogen) atoms. The van der Waals surface area contributed by atoms with Crippen molar-refractivity contribution < 1.29 is 22.7 Å². The first-order valence-corrected chi connectivity index (χ1v) is 13.6. The summed E-state index contributed by atoms with van der Waals surface area (Å²) >= 11 is 0.733. The third-order valence-corrected chi connectivity index (χ3v) is 7.23. The average molecular weight is 527 g/mol. The number of nitriles is 1. The van der Waals surface area contributed by atoms with Gasteiger partial charge in [-0.1, -0.05) is 36.8 Å². The van der Waals surface area contributed by atoms with E-state index in [1.165, 1.54) is 18.6 Å². The molecule has 188 valence electrons. The first kappa shape index (κ1) is 26.8. The maximum Gasteiger partial charge on any atom is 0.268 e. The summed E-state index contributed by atoms with van der Waals surface area (Å²) in [6.07, 6.45) is 2.13. The molecule has 0 bridgehead atoms. The Morgan fingerprint density at radius 2 is 1.86 bits per heavy atom. The highest BCUT2D eigenvalue weighted by Crippen LogP contribution is 2.20. The van der Waals surface area contributed by atoms with Crippen molar-refractivity contribution in [2.45, 2.75) is 32.3 Å². The number of anilines is 1. The van der Waals surface area contributed by atoms with Crippen molar-refractivity contribution >= 4 is 38.5 Å². The number of carbonyl (C=O) groups excluding carboxylic acids is 1. The van der Waals surface area contributed by atoms with E-state index >= 15 is 0 Å². The van der Waals surface area contributed by atoms with Gasteiger partial charge in [-0.15, -0.1) is 0 Å². The molecule has 1 heterocycles. The standard InChI is InChI=1S/C25H26N4O5S2/c1-4-36(31,32)25-28-24(35-29-25)27-23(30)20(16-26)15-19-7-9-21(10-8-19)33-12-5-13-34-22-11-6-17(2)14-18(22)3/h6-11,14-15H,4-5,12-13H2,1-3H3,(H,27,28,29,30)/b20-15-. The third kappa shape index (κ3) is 7.37. The number of aryl methyl sites for hydroxylation is 2. The van der Waals surface area contributed by atoms with Crippen molar-refractivity contribution in [3.8, 4) is 17.6 Å². The van der Waals surface area contributed by atoms with E-state index in [0.29, 0.717) is 30.9 Å². The Morgan fingerprint density at radius 3 is 2.53 bits per heavy atom. The lowest BCUT2D eigenvalue weighted by Crippen LogP contribution is -2.13. The Hall–Kier alpha value is -3.75. The molecular weight excluding hydrogens is 500 g/mol. The number of amides is 1. The first-order chi connectivity index (χ1) is 17.2. The number of hydrogen-bond acceptors (Lipinski definition) is 9. The SMILES string of the molecule is CCS(=O)(=O)c1nsc(NC(=O)/C(C#N)=C\c2ccc(OCCCOc3ccc(C)cc3C)cc2)n1. The summed E-state index contributed by atoms with van der Waals surface area (Å²) < 4.78 is 38.9. The van der Waals surface area contributed by atoms with Gasteiger partial charge in [0.05, 0.1) is 19.0 Å². The van der Waals surface area contributed by atoms with Crippen molar-refractivity contribution in [1.29, 1.82) is 5.26 Å². The van der Waals surface area contributed by atoms with Crippen LogP contribution in [0.1, 0.15) is 30.0 Å². The van der Waals surface area contributed by atoms with E-state index in [1.54, 1.807) is 24.3 Å². The molecule has 0 atom stereocenters. The van der Waals surface area contributed by atoms with Gasteiger partial charge in [0.25, 0.3) is 11.1 Å². The minimum Gasteiger partial charge on any atom is -0.493 e. The zero-order valence-electron chi connectivity index (χ0n) is 20.1. The van der Waals surface area contributed by atoms with E-state index in [4.69, 9.17) is 9.47 Å². The largest absolute Gasteiger partial charge is 0.493 e. The quantitative estimate of drug-likeness (QED) is 0.222. The van der Waals surface area contributed by atoms with Gasteiger partial charge >= 0.3 is 0 Å². The number of nitrogens with one attached hydrogen (secondary N) is 1. The number of hydrogen-bond donors (Lipinski definition) is 1. The number of ether oxygens (including phenoxy) is 2. The van der Waals surface area contributed by atoms with Crippen LogP contribution in [0.25, 0.3) is 6.08 Å². The first-order valence-electron chi connectivity index (χ1n) is 11.1. The summed E-state index contributed by atoms with van der Waals surface area (Å²) in [6.45, 7) is 6.54. The zero-order chi connectivity index (χ0) is 26.1. The maximum atomic E-state index is 12.4. The fraction of sp³-hybridized carbons (Fsp3) is 0.280. The van der Waals surface area contributed by atoms with E-state index in [9.17, 15) is 18.5 Å². The van der Waals surface area contributed by atoms with Crippen LogP contribution < -0.4 is 14.8 Å². The Labute approximate surface area is 214 Å². The normalized spacial score (nSPS) is 11.6. The Bertz CT molecular complexity index is 1390.